The van der Waals surface area contributed by atoms with E-state index in [1.807, 2.05) is 0 Å². The van der Waals surface area contributed by atoms with Crippen molar-refractivity contribution in [2.75, 3.05) is 0 Å². The largest absolute Gasteiger partial charge is 0.465 e. The molecule has 2 saturated carbocycles. The van der Waals surface area contributed by atoms with Crippen LogP contribution in [0.2, 0.25) is 0 Å². The van der Waals surface area contributed by atoms with Crippen molar-refractivity contribution in [2.45, 2.75) is 76.0 Å². The van der Waals surface area contributed by atoms with Crippen LogP contribution in [-0.4, -0.2) is 35.5 Å². The zero-order chi connectivity index (χ0) is 14.4. The minimum atomic E-state index is -0.974. The predicted octanol–water partition coefficient (Wildman–Crippen LogP) is 2.62. The second-order valence-electron chi connectivity index (χ2n) is 5.81. The lowest BCUT2D eigenvalue weighted by Crippen LogP contribution is -2.44. The average molecular weight is 284 g/mol. The molecule has 0 unspecified atom stereocenters. The van der Waals surface area contributed by atoms with Crippen LogP contribution >= 0.6 is 0 Å². The van der Waals surface area contributed by atoms with E-state index in [1.54, 1.807) is 0 Å². The van der Waals surface area contributed by atoms with E-state index in [0.717, 1.165) is 51.4 Å². The Hall–Kier alpha value is -1.46. The summed E-state index contributed by atoms with van der Waals surface area (Å²) in [5.74, 6) is 0. The van der Waals surface area contributed by atoms with Gasteiger partial charge in [0.25, 0.3) is 0 Å². The van der Waals surface area contributed by atoms with Crippen LogP contribution in [0.4, 0.5) is 9.59 Å². The van der Waals surface area contributed by atoms with Crippen molar-refractivity contribution in [3.63, 3.8) is 0 Å². The lowest BCUT2D eigenvalue weighted by molar-refractivity contribution is 0.0710. The highest BCUT2D eigenvalue weighted by Gasteiger charge is 2.25. The zero-order valence-corrected chi connectivity index (χ0v) is 11.8. The lowest BCUT2D eigenvalue weighted by Gasteiger charge is -2.29. The van der Waals surface area contributed by atoms with Gasteiger partial charge in [0.2, 0.25) is 0 Å². The van der Waals surface area contributed by atoms with Gasteiger partial charge in [0.1, 0.15) is 6.10 Å². The number of nitrogens with one attached hydrogen (secondary N) is 2. The van der Waals surface area contributed by atoms with Crippen LogP contribution in [0.15, 0.2) is 0 Å². The third kappa shape index (κ3) is 4.90. The summed E-state index contributed by atoms with van der Waals surface area (Å²) in [7, 11) is 0. The van der Waals surface area contributed by atoms with E-state index in [-0.39, 0.29) is 24.3 Å². The molecule has 0 saturated heterocycles. The first-order valence-corrected chi connectivity index (χ1v) is 7.60. The molecule has 0 aromatic rings. The van der Waals surface area contributed by atoms with Crippen LogP contribution in [-0.2, 0) is 4.74 Å². The highest BCUT2D eigenvalue weighted by Crippen LogP contribution is 2.21. The number of carboxylic acid groups (broad SMARTS) is 1. The van der Waals surface area contributed by atoms with E-state index in [2.05, 4.69) is 10.6 Å². The SMILES string of the molecule is O=C(O)NC1CCC(NC(=O)OC2CCCCC2)CC1. The fourth-order valence-corrected chi connectivity index (χ4v) is 3.09. The predicted molar refractivity (Wildman–Crippen MR) is 73.7 cm³/mol. The summed E-state index contributed by atoms with van der Waals surface area (Å²) in [6, 6.07) is 0.123. The van der Waals surface area contributed by atoms with E-state index in [1.165, 1.54) is 6.42 Å². The Morgan fingerprint density at radius 3 is 1.95 bits per heavy atom. The molecule has 0 heterocycles. The number of amides is 2. The molecule has 2 rings (SSSR count). The Morgan fingerprint density at radius 1 is 0.850 bits per heavy atom. The Labute approximate surface area is 119 Å². The Bertz CT molecular complexity index is 334. The van der Waals surface area contributed by atoms with Crippen LogP contribution in [0, 0.1) is 0 Å². The highest BCUT2D eigenvalue weighted by atomic mass is 16.6. The van der Waals surface area contributed by atoms with Crippen molar-refractivity contribution in [1.29, 1.82) is 0 Å². The van der Waals surface area contributed by atoms with Crippen molar-refractivity contribution in [3.05, 3.63) is 0 Å². The topological polar surface area (TPSA) is 87.7 Å². The van der Waals surface area contributed by atoms with Crippen molar-refractivity contribution in [1.82, 2.24) is 10.6 Å². The highest BCUT2D eigenvalue weighted by molar-refractivity contribution is 5.68. The van der Waals surface area contributed by atoms with Gasteiger partial charge in [-0.2, -0.15) is 0 Å². The molecule has 2 aliphatic rings. The van der Waals surface area contributed by atoms with Gasteiger partial charge in [-0.15, -0.1) is 0 Å². The van der Waals surface area contributed by atoms with E-state index < -0.39 is 6.09 Å². The quantitative estimate of drug-likeness (QED) is 0.743. The molecule has 6 heteroatoms. The van der Waals surface area contributed by atoms with E-state index in [9.17, 15) is 9.59 Å². The molecule has 0 aromatic heterocycles. The second-order valence-corrected chi connectivity index (χ2v) is 5.81. The van der Waals surface area contributed by atoms with Gasteiger partial charge in [-0.1, -0.05) is 6.42 Å². The monoisotopic (exact) mass is 284 g/mol. The van der Waals surface area contributed by atoms with Gasteiger partial charge in [-0.3, -0.25) is 0 Å². The first-order valence-electron chi connectivity index (χ1n) is 7.60. The van der Waals surface area contributed by atoms with Crippen molar-refractivity contribution >= 4 is 12.2 Å². The van der Waals surface area contributed by atoms with Gasteiger partial charge in [-0.05, 0) is 51.4 Å². The fraction of sp³-hybridized carbons (Fsp3) is 0.857. The summed E-state index contributed by atoms with van der Waals surface area (Å²) in [5.41, 5.74) is 0. The summed E-state index contributed by atoms with van der Waals surface area (Å²) < 4.78 is 5.43. The normalized spacial score (nSPS) is 27.6. The number of alkyl carbamates (subject to hydrolysis) is 1. The van der Waals surface area contributed by atoms with E-state index in [0.29, 0.717) is 0 Å². The molecule has 2 amide bonds. The van der Waals surface area contributed by atoms with Crippen LogP contribution in [0.3, 0.4) is 0 Å². The van der Waals surface area contributed by atoms with Crippen molar-refractivity contribution < 1.29 is 19.4 Å². The number of rotatable bonds is 3. The minimum absolute atomic E-state index is 0.0138. The molecule has 2 aliphatic carbocycles. The molecule has 0 spiro atoms. The van der Waals surface area contributed by atoms with Crippen LogP contribution in [0.25, 0.3) is 0 Å². The molecule has 0 bridgehead atoms. The first kappa shape index (κ1) is 14.9. The average Bonchev–Trinajstić information content (AvgIpc) is 2.41. The number of hydrogen-bond donors (Lipinski definition) is 3. The summed E-state index contributed by atoms with van der Waals surface area (Å²) in [5, 5.41) is 14.1. The van der Waals surface area contributed by atoms with Crippen molar-refractivity contribution in [3.8, 4) is 0 Å². The maximum absolute atomic E-state index is 11.8. The first-order chi connectivity index (χ1) is 9.63. The molecule has 114 valence electrons. The molecule has 0 atom stereocenters. The lowest BCUT2D eigenvalue weighted by atomic mass is 9.91. The maximum Gasteiger partial charge on any atom is 0.407 e. The molecule has 3 N–H and O–H groups in total. The van der Waals surface area contributed by atoms with Crippen LogP contribution < -0.4 is 10.6 Å². The maximum atomic E-state index is 11.8. The number of hydrogen-bond acceptors (Lipinski definition) is 3. The van der Waals surface area contributed by atoms with Gasteiger partial charge in [-0.25, -0.2) is 9.59 Å². The minimum Gasteiger partial charge on any atom is -0.465 e. The van der Waals surface area contributed by atoms with Gasteiger partial charge >= 0.3 is 12.2 Å². The summed E-state index contributed by atoms with van der Waals surface area (Å²) >= 11 is 0. The summed E-state index contributed by atoms with van der Waals surface area (Å²) in [6.45, 7) is 0. The Balaban J connectivity index is 1.64. The molecule has 0 radical (unpaired) electrons. The van der Waals surface area contributed by atoms with Gasteiger partial charge in [0.05, 0.1) is 0 Å². The summed E-state index contributed by atoms with van der Waals surface area (Å²) in [4.78, 5) is 22.3. The molecule has 0 aromatic carbocycles. The number of ether oxygens (including phenoxy) is 1. The molecule has 6 nitrogen and oxygen atoms in total. The zero-order valence-electron chi connectivity index (χ0n) is 11.8. The van der Waals surface area contributed by atoms with Gasteiger partial charge < -0.3 is 20.5 Å². The standard InChI is InChI=1S/C14H24N2O4/c17-13(18)15-10-6-8-11(9-7-10)16-14(19)20-12-4-2-1-3-5-12/h10-12,15H,1-9H2,(H,16,19)(H,17,18). The Morgan fingerprint density at radius 2 is 1.40 bits per heavy atom. The third-order valence-electron chi connectivity index (χ3n) is 4.20. The van der Waals surface area contributed by atoms with Gasteiger partial charge in [0.15, 0.2) is 0 Å². The van der Waals surface area contributed by atoms with E-state index >= 15 is 0 Å². The second kappa shape index (κ2) is 7.36. The molecule has 0 aliphatic heterocycles. The number of carbonyl (C=O) groups is 2. The van der Waals surface area contributed by atoms with Crippen molar-refractivity contribution in [2.24, 2.45) is 0 Å². The smallest absolute Gasteiger partial charge is 0.407 e. The Kier molecular flexibility index (Phi) is 5.49. The van der Waals surface area contributed by atoms with E-state index in [4.69, 9.17) is 9.84 Å². The molecule has 2 fully saturated rings. The molecular formula is C14H24N2O4. The third-order valence-corrected chi connectivity index (χ3v) is 4.20. The van der Waals surface area contributed by atoms with Crippen LogP contribution in [0.1, 0.15) is 57.8 Å². The van der Waals surface area contributed by atoms with Gasteiger partial charge in [0, 0.05) is 12.1 Å². The molecular weight excluding hydrogens is 260 g/mol. The number of carbonyl (C=O) groups excluding carboxylic acids is 1. The van der Waals surface area contributed by atoms with Crippen LogP contribution in [0.5, 0.6) is 0 Å². The summed E-state index contributed by atoms with van der Waals surface area (Å²) in [6.07, 6.45) is 7.39. The molecule has 20 heavy (non-hydrogen) atoms. The fourth-order valence-electron chi connectivity index (χ4n) is 3.09.